The van der Waals surface area contributed by atoms with Crippen LogP contribution in [-0.4, -0.2) is 9.97 Å². The van der Waals surface area contributed by atoms with Crippen LogP contribution in [0, 0.1) is 11.3 Å². The van der Waals surface area contributed by atoms with Crippen LogP contribution >= 0.6 is 0 Å². The zero-order chi connectivity index (χ0) is 18.2. The minimum absolute atomic E-state index is 0.459. The number of benzene rings is 2. The molecule has 0 unspecified atom stereocenters. The molecule has 0 spiro atoms. The normalized spacial score (nSPS) is 10.9. The molecule has 0 saturated carbocycles. The van der Waals surface area contributed by atoms with Gasteiger partial charge in [0.05, 0.1) is 16.8 Å². The van der Waals surface area contributed by atoms with Gasteiger partial charge in [-0.3, -0.25) is 4.98 Å². The Morgan fingerprint density at radius 1 is 1.04 bits per heavy atom. The average Bonchev–Trinajstić information content (AvgIpc) is 3.35. The molecule has 2 aromatic carbocycles. The molecule has 27 heavy (non-hydrogen) atoms. The number of anilines is 2. The van der Waals surface area contributed by atoms with Gasteiger partial charge in [-0.1, -0.05) is 24.3 Å². The Hall–Kier alpha value is -4.04. The first-order valence-corrected chi connectivity index (χ1v) is 8.54. The summed E-state index contributed by atoms with van der Waals surface area (Å²) in [6, 6.07) is 20.0. The standard InChI is InChI=1S/C22H14N4O/c23-11-15-12-24-13-17(21-10-14-4-1-2-7-20(14)27-21)22(15)26-19-6-3-5-18-16(19)8-9-25-18/h1-10,12-13,25H,(H,24,26). The second kappa shape index (κ2) is 6.04. The van der Waals surface area contributed by atoms with E-state index in [9.17, 15) is 5.26 Å². The van der Waals surface area contributed by atoms with E-state index in [4.69, 9.17) is 4.42 Å². The van der Waals surface area contributed by atoms with Gasteiger partial charge in [0.25, 0.3) is 0 Å². The molecule has 5 nitrogen and oxygen atoms in total. The second-order valence-corrected chi connectivity index (χ2v) is 6.24. The Labute approximate surface area is 154 Å². The first-order valence-electron chi connectivity index (χ1n) is 8.54. The average molecular weight is 350 g/mol. The molecule has 0 aliphatic carbocycles. The minimum Gasteiger partial charge on any atom is -0.456 e. The molecule has 0 fully saturated rings. The van der Waals surface area contributed by atoms with E-state index >= 15 is 0 Å². The van der Waals surface area contributed by atoms with Crippen LogP contribution in [0.3, 0.4) is 0 Å². The lowest BCUT2D eigenvalue weighted by atomic mass is 10.1. The molecule has 5 rings (SSSR count). The summed E-state index contributed by atoms with van der Waals surface area (Å²) in [5, 5.41) is 15.1. The fourth-order valence-corrected chi connectivity index (χ4v) is 3.31. The molecule has 0 radical (unpaired) electrons. The number of pyridine rings is 1. The van der Waals surface area contributed by atoms with Crippen LogP contribution in [0.25, 0.3) is 33.2 Å². The van der Waals surface area contributed by atoms with Crippen molar-refractivity contribution >= 4 is 33.2 Å². The highest BCUT2D eigenvalue weighted by Crippen LogP contribution is 2.37. The molecule has 0 bridgehead atoms. The van der Waals surface area contributed by atoms with Crippen molar-refractivity contribution in [2.45, 2.75) is 0 Å². The first kappa shape index (κ1) is 15.2. The van der Waals surface area contributed by atoms with E-state index in [0.29, 0.717) is 17.0 Å². The van der Waals surface area contributed by atoms with Crippen molar-refractivity contribution in [3.8, 4) is 17.4 Å². The zero-order valence-corrected chi connectivity index (χ0v) is 14.2. The number of fused-ring (bicyclic) bond motifs is 2. The maximum absolute atomic E-state index is 9.61. The van der Waals surface area contributed by atoms with Gasteiger partial charge in [0, 0.05) is 40.6 Å². The van der Waals surface area contributed by atoms with Crippen molar-refractivity contribution < 1.29 is 4.42 Å². The van der Waals surface area contributed by atoms with Crippen molar-refractivity contribution in [1.29, 1.82) is 5.26 Å². The number of hydrogen-bond donors (Lipinski definition) is 2. The highest BCUT2D eigenvalue weighted by molar-refractivity contribution is 5.96. The summed E-state index contributed by atoms with van der Waals surface area (Å²) in [5.74, 6) is 0.671. The topological polar surface area (TPSA) is 77.6 Å². The number of aromatic nitrogens is 2. The molecule has 0 amide bonds. The fourth-order valence-electron chi connectivity index (χ4n) is 3.31. The number of hydrogen-bond acceptors (Lipinski definition) is 4. The first-order chi connectivity index (χ1) is 13.3. The molecule has 2 N–H and O–H groups in total. The van der Waals surface area contributed by atoms with Crippen LogP contribution in [-0.2, 0) is 0 Å². The van der Waals surface area contributed by atoms with Crippen LogP contribution < -0.4 is 5.32 Å². The predicted octanol–water partition coefficient (Wildman–Crippen LogP) is 5.59. The van der Waals surface area contributed by atoms with Gasteiger partial charge in [-0.2, -0.15) is 5.26 Å². The lowest BCUT2D eigenvalue weighted by Gasteiger charge is -2.13. The van der Waals surface area contributed by atoms with Crippen molar-refractivity contribution in [2.75, 3.05) is 5.32 Å². The number of aromatic amines is 1. The van der Waals surface area contributed by atoms with Gasteiger partial charge in [-0.25, -0.2) is 0 Å². The van der Waals surface area contributed by atoms with Gasteiger partial charge < -0.3 is 14.7 Å². The van der Waals surface area contributed by atoms with E-state index in [1.165, 1.54) is 0 Å². The minimum atomic E-state index is 0.459. The molecule has 128 valence electrons. The van der Waals surface area contributed by atoms with E-state index in [-0.39, 0.29) is 0 Å². The van der Waals surface area contributed by atoms with Gasteiger partial charge in [0.15, 0.2) is 0 Å². The predicted molar refractivity (Wildman–Crippen MR) is 106 cm³/mol. The van der Waals surface area contributed by atoms with E-state index in [1.807, 2.05) is 60.8 Å². The molecule has 5 heteroatoms. The summed E-state index contributed by atoms with van der Waals surface area (Å²) in [5.41, 5.74) is 4.62. The van der Waals surface area contributed by atoms with Crippen molar-refractivity contribution in [3.63, 3.8) is 0 Å². The lowest BCUT2D eigenvalue weighted by Crippen LogP contribution is -1.98. The van der Waals surface area contributed by atoms with E-state index < -0.39 is 0 Å². The molecule has 0 aliphatic heterocycles. The largest absolute Gasteiger partial charge is 0.456 e. The molecule has 0 aliphatic rings. The summed E-state index contributed by atoms with van der Waals surface area (Å²) in [4.78, 5) is 7.43. The van der Waals surface area contributed by atoms with E-state index in [0.717, 1.165) is 33.1 Å². The van der Waals surface area contributed by atoms with Crippen molar-refractivity contribution in [1.82, 2.24) is 9.97 Å². The van der Waals surface area contributed by atoms with Gasteiger partial charge in [-0.15, -0.1) is 0 Å². The van der Waals surface area contributed by atoms with Gasteiger partial charge in [0.1, 0.15) is 17.4 Å². The summed E-state index contributed by atoms with van der Waals surface area (Å²) in [7, 11) is 0. The maximum Gasteiger partial charge on any atom is 0.139 e. The molecular weight excluding hydrogens is 336 g/mol. The number of nitriles is 1. The van der Waals surface area contributed by atoms with E-state index in [1.54, 1.807) is 12.4 Å². The van der Waals surface area contributed by atoms with Gasteiger partial charge in [0.2, 0.25) is 0 Å². The van der Waals surface area contributed by atoms with E-state index in [2.05, 4.69) is 21.4 Å². The quantitative estimate of drug-likeness (QED) is 0.444. The molecule has 5 aromatic rings. The smallest absolute Gasteiger partial charge is 0.139 e. The SMILES string of the molecule is N#Cc1cncc(-c2cc3ccccc3o2)c1Nc1cccc2[nH]ccc12. The monoisotopic (exact) mass is 350 g/mol. The second-order valence-electron chi connectivity index (χ2n) is 6.24. The third kappa shape index (κ3) is 2.52. The van der Waals surface area contributed by atoms with Crippen LogP contribution in [0.15, 0.2) is 77.6 Å². The summed E-state index contributed by atoms with van der Waals surface area (Å²) in [6.07, 6.45) is 5.18. The molecule has 3 aromatic heterocycles. The van der Waals surface area contributed by atoms with Crippen LogP contribution in [0.2, 0.25) is 0 Å². The molecule has 0 atom stereocenters. The molecule has 0 saturated heterocycles. The Bertz CT molecular complexity index is 1290. The van der Waals surface area contributed by atoms with Crippen molar-refractivity contribution in [2.24, 2.45) is 0 Å². The molecular formula is C22H14N4O. The third-order valence-electron chi connectivity index (χ3n) is 4.61. The Morgan fingerprint density at radius 2 is 1.96 bits per heavy atom. The Morgan fingerprint density at radius 3 is 2.85 bits per heavy atom. The maximum atomic E-state index is 9.61. The summed E-state index contributed by atoms with van der Waals surface area (Å²) in [6.45, 7) is 0. The Balaban J connectivity index is 1.69. The summed E-state index contributed by atoms with van der Waals surface area (Å²) >= 11 is 0. The number of furan rings is 1. The van der Waals surface area contributed by atoms with Crippen LogP contribution in [0.5, 0.6) is 0 Å². The number of para-hydroxylation sites is 1. The zero-order valence-electron chi connectivity index (χ0n) is 14.2. The Kier molecular flexibility index (Phi) is 3.41. The van der Waals surface area contributed by atoms with Gasteiger partial charge in [-0.05, 0) is 30.3 Å². The highest BCUT2D eigenvalue weighted by Gasteiger charge is 2.16. The number of nitrogens with zero attached hydrogens (tertiary/aromatic N) is 2. The summed E-state index contributed by atoms with van der Waals surface area (Å²) < 4.78 is 6.01. The number of nitrogens with one attached hydrogen (secondary N) is 2. The van der Waals surface area contributed by atoms with Gasteiger partial charge >= 0.3 is 0 Å². The van der Waals surface area contributed by atoms with Crippen LogP contribution in [0.1, 0.15) is 5.56 Å². The molecule has 3 heterocycles. The van der Waals surface area contributed by atoms with Crippen molar-refractivity contribution in [3.05, 3.63) is 78.8 Å². The fraction of sp³-hybridized carbons (Fsp3) is 0. The highest BCUT2D eigenvalue weighted by atomic mass is 16.3. The third-order valence-corrected chi connectivity index (χ3v) is 4.61. The van der Waals surface area contributed by atoms with Crippen LogP contribution in [0.4, 0.5) is 11.4 Å². The number of H-pyrrole nitrogens is 1. The lowest BCUT2D eigenvalue weighted by molar-refractivity contribution is 0.631. The number of rotatable bonds is 3.